The molecule has 0 aliphatic heterocycles. The summed E-state index contributed by atoms with van der Waals surface area (Å²) in [5.74, 6) is -0.164. The molecule has 10 heteroatoms. The van der Waals surface area contributed by atoms with E-state index in [2.05, 4.69) is 20.3 Å². The van der Waals surface area contributed by atoms with Crippen LogP contribution in [-0.2, 0) is 9.84 Å². The van der Waals surface area contributed by atoms with Crippen molar-refractivity contribution in [3.8, 4) is 22.6 Å². The van der Waals surface area contributed by atoms with Gasteiger partial charge >= 0.3 is 0 Å². The van der Waals surface area contributed by atoms with E-state index in [1.165, 1.54) is 12.5 Å². The molecule has 0 aliphatic carbocycles. The summed E-state index contributed by atoms with van der Waals surface area (Å²) in [5.41, 5.74) is 4.03. The first-order valence-corrected chi connectivity index (χ1v) is 12.2. The van der Waals surface area contributed by atoms with E-state index in [0.717, 1.165) is 17.5 Å². The standard InChI is InChI=1S/C24H19N5O4S/c1-15-10-17(8-9-25-15)24-27-20(14-33-24)23(30)26-19-12-29-13-22(34(2,31)32)28-21(29)11-18(19)16-6-4-3-5-7-16/h3-14H,1-2H3,(H,26,30). The summed E-state index contributed by atoms with van der Waals surface area (Å²) in [5, 5.41) is 2.82. The van der Waals surface area contributed by atoms with Crippen molar-refractivity contribution >= 4 is 27.1 Å². The second kappa shape index (κ2) is 8.23. The average Bonchev–Trinajstić information content (AvgIpc) is 3.46. The third-order valence-electron chi connectivity index (χ3n) is 5.16. The van der Waals surface area contributed by atoms with E-state index in [-0.39, 0.29) is 10.7 Å². The van der Waals surface area contributed by atoms with Crippen molar-refractivity contribution in [1.82, 2.24) is 19.4 Å². The number of fused-ring (bicyclic) bond motifs is 1. The lowest BCUT2D eigenvalue weighted by Crippen LogP contribution is -2.13. The van der Waals surface area contributed by atoms with Crippen LogP contribution < -0.4 is 5.32 Å². The van der Waals surface area contributed by atoms with E-state index in [0.29, 0.717) is 28.4 Å². The first-order chi connectivity index (χ1) is 16.3. The van der Waals surface area contributed by atoms with Crippen LogP contribution in [-0.4, -0.2) is 39.9 Å². The lowest BCUT2D eigenvalue weighted by atomic mass is 10.1. The number of aryl methyl sites for hydroxylation is 1. The van der Waals surface area contributed by atoms with Crippen LogP contribution in [0.4, 0.5) is 5.69 Å². The van der Waals surface area contributed by atoms with Crippen molar-refractivity contribution < 1.29 is 17.6 Å². The van der Waals surface area contributed by atoms with Gasteiger partial charge in [-0.1, -0.05) is 30.3 Å². The van der Waals surface area contributed by atoms with Crippen LogP contribution in [0.15, 0.2) is 82.8 Å². The highest BCUT2D eigenvalue weighted by Crippen LogP contribution is 2.30. The Morgan fingerprint density at radius 2 is 1.82 bits per heavy atom. The molecular formula is C24H19N5O4S. The van der Waals surface area contributed by atoms with Crippen LogP contribution in [0.2, 0.25) is 0 Å². The van der Waals surface area contributed by atoms with Gasteiger partial charge in [-0.3, -0.25) is 9.78 Å². The van der Waals surface area contributed by atoms with Crippen molar-refractivity contribution in [2.45, 2.75) is 11.9 Å². The Balaban J connectivity index is 1.54. The summed E-state index contributed by atoms with van der Waals surface area (Å²) >= 11 is 0. The maximum atomic E-state index is 13.0. The zero-order valence-electron chi connectivity index (χ0n) is 18.3. The molecule has 34 heavy (non-hydrogen) atoms. The highest BCUT2D eigenvalue weighted by atomic mass is 32.2. The Bertz CT molecular complexity index is 1640. The van der Waals surface area contributed by atoms with Gasteiger partial charge in [-0.15, -0.1) is 0 Å². The van der Waals surface area contributed by atoms with Gasteiger partial charge in [0, 0.05) is 41.7 Å². The van der Waals surface area contributed by atoms with Crippen molar-refractivity contribution in [3.63, 3.8) is 0 Å². The zero-order chi connectivity index (χ0) is 23.9. The molecule has 1 N–H and O–H groups in total. The number of amides is 1. The van der Waals surface area contributed by atoms with Gasteiger partial charge in [0.15, 0.2) is 20.6 Å². The number of hydrogen-bond donors (Lipinski definition) is 1. The van der Waals surface area contributed by atoms with E-state index < -0.39 is 15.7 Å². The SMILES string of the molecule is Cc1cc(-c2nc(C(=O)Nc3cn4cc(S(C)(=O)=O)nc4cc3-c3ccccc3)co2)ccn1. The van der Waals surface area contributed by atoms with Crippen LogP contribution >= 0.6 is 0 Å². The monoisotopic (exact) mass is 473 g/mol. The number of sulfone groups is 1. The summed E-state index contributed by atoms with van der Waals surface area (Å²) in [6, 6.07) is 14.7. The molecule has 4 aromatic heterocycles. The number of aromatic nitrogens is 4. The Kier molecular flexibility index (Phi) is 5.21. The van der Waals surface area contributed by atoms with Gasteiger partial charge in [0.25, 0.3) is 5.91 Å². The Hall–Kier alpha value is -4.31. The van der Waals surface area contributed by atoms with Gasteiger partial charge < -0.3 is 14.1 Å². The highest BCUT2D eigenvalue weighted by Gasteiger charge is 2.19. The van der Waals surface area contributed by atoms with Gasteiger partial charge in [0.05, 0.1) is 5.69 Å². The second-order valence-corrected chi connectivity index (χ2v) is 9.72. The van der Waals surface area contributed by atoms with E-state index in [1.807, 2.05) is 43.3 Å². The molecule has 0 atom stereocenters. The summed E-state index contributed by atoms with van der Waals surface area (Å²) in [6.07, 6.45) is 7.08. The third-order valence-corrected chi connectivity index (χ3v) is 6.12. The topological polar surface area (TPSA) is 119 Å². The predicted molar refractivity (Wildman–Crippen MR) is 126 cm³/mol. The van der Waals surface area contributed by atoms with Crippen LogP contribution in [0.25, 0.3) is 28.2 Å². The minimum Gasteiger partial charge on any atom is -0.444 e. The number of carbonyl (C=O) groups is 1. The molecule has 5 aromatic rings. The molecule has 0 radical (unpaired) electrons. The fourth-order valence-electron chi connectivity index (χ4n) is 3.52. The molecule has 0 saturated carbocycles. The fraction of sp³-hybridized carbons (Fsp3) is 0.0833. The molecule has 1 amide bonds. The molecule has 4 heterocycles. The molecule has 5 rings (SSSR count). The van der Waals surface area contributed by atoms with Gasteiger partial charge in [-0.25, -0.2) is 18.4 Å². The molecule has 0 unspecified atom stereocenters. The fourth-order valence-corrected chi connectivity index (χ4v) is 4.09. The maximum Gasteiger partial charge on any atom is 0.277 e. The van der Waals surface area contributed by atoms with Gasteiger partial charge in [0.2, 0.25) is 5.89 Å². The number of benzene rings is 1. The van der Waals surface area contributed by atoms with Gasteiger partial charge in [-0.05, 0) is 30.7 Å². The largest absolute Gasteiger partial charge is 0.444 e. The number of nitrogens with zero attached hydrogens (tertiary/aromatic N) is 4. The zero-order valence-corrected chi connectivity index (χ0v) is 19.1. The van der Waals surface area contributed by atoms with Crippen molar-refractivity contribution in [2.75, 3.05) is 11.6 Å². The summed E-state index contributed by atoms with van der Waals surface area (Å²) < 4.78 is 31.0. The average molecular weight is 474 g/mol. The van der Waals surface area contributed by atoms with E-state index in [1.54, 1.807) is 28.9 Å². The molecule has 1 aromatic carbocycles. The van der Waals surface area contributed by atoms with Gasteiger partial charge in [-0.2, -0.15) is 0 Å². The molecule has 9 nitrogen and oxygen atoms in total. The summed E-state index contributed by atoms with van der Waals surface area (Å²) in [7, 11) is -3.49. The number of rotatable bonds is 5. The lowest BCUT2D eigenvalue weighted by molar-refractivity contribution is 0.102. The van der Waals surface area contributed by atoms with Gasteiger partial charge in [0.1, 0.15) is 11.9 Å². The molecule has 0 spiro atoms. The number of pyridine rings is 2. The molecular weight excluding hydrogens is 454 g/mol. The minimum absolute atomic E-state index is 0.0521. The maximum absolute atomic E-state index is 13.0. The van der Waals surface area contributed by atoms with E-state index in [9.17, 15) is 13.2 Å². The second-order valence-electron chi connectivity index (χ2n) is 7.76. The minimum atomic E-state index is -3.49. The first-order valence-electron chi connectivity index (χ1n) is 10.3. The van der Waals surface area contributed by atoms with E-state index >= 15 is 0 Å². The van der Waals surface area contributed by atoms with Crippen LogP contribution in [0, 0.1) is 6.92 Å². The first kappa shape index (κ1) is 21.5. The number of anilines is 1. The van der Waals surface area contributed by atoms with Crippen LogP contribution in [0.3, 0.4) is 0 Å². The molecule has 170 valence electrons. The number of carbonyl (C=O) groups excluding carboxylic acids is 1. The van der Waals surface area contributed by atoms with Crippen molar-refractivity contribution in [2.24, 2.45) is 0 Å². The van der Waals surface area contributed by atoms with Crippen molar-refractivity contribution in [1.29, 1.82) is 0 Å². The molecule has 0 saturated heterocycles. The Morgan fingerprint density at radius 1 is 1.03 bits per heavy atom. The quantitative estimate of drug-likeness (QED) is 0.409. The normalized spacial score (nSPS) is 11.6. The number of oxazole rings is 1. The molecule has 0 fully saturated rings. The Labute approximate surface area is 195 Å². The third kappa shape index (κ3) is 4.18. The van der Waals surface area contributed by atoms with E-state index in [4.69, 9.17) is 4.42 Å². The summed E-state index contributed by atoms with van der Waals surface area (Å²) in [6.45, 7) is 1.85. The Morgan fingerprint density at radius 3 is 2.56 bits per heavy atom. The smallest absolute Gasteiger partial charge is 0.277 e. The number of imidazole rings is 1. The lowest BCUT2D eigenvalue weighted by Gasteiger charge is -2.11. The summed E-state index contributed by atoms with van der Waals surface area (Å²) in [4.78, 5) is 25.7. The van der Waals surface area contributed by atoms with Crippen molar-refractivity contribution in [3.05, 3.63) is 84.8 Å². The predicted octanol–water partition coefficient (Wildman–Crippen LogP) is 4.02. The highest BCUT2D eigenvalue weighted by molar-refractivity contribution is 7.90. The van der Waals surface area contributed by atoms with Crippen LogP contribution in [0.5, 0.6) is 0 Å². The number of nitrogens with one attached hydrogen (secondary N) is 1. The molecule has 0 bridgehead atoms. The molecule has 0 aliphatic rings. The number of hydrogen-bond acceptors (Lipinski definition) is 7. The van der Waals surface area contributed by atoms with Crippen LogP contribution in [0.1, 0.15) is 16.2 Å².